The molecular formula is C31H37O5P. The predicted molar refractivity (Wildman–Crippen MR) is 149 cm³/mol. The van der Waals surface area contributed by atoms with E-state index in [1.807, 2.05) is 57.2 Å². The molecule has 3 aromatic rings. The number of Topliss-reactive ketones (excluding diaryl/α,β-unsaturated/α-hetero) is 1. The van der Waals surface area contributed by atoms with Crippen LogP contribution in [0, 0.1) is 20.8 Å². The lowest BCUT2D eigenvalue weighted by atomic mass is 9.79. The number of carbonyl (C=O) groups is 2. The molecule has 0 amide bonds. The molecule has 1 aliphatic rings. The van der Waals surface area contributed by atoms with Gasteiger partial charge in [0.25, 0.3) is 5.52 Å². The highest BCUT2D eigenvalue weighted by Crippen LogP contribution is 2.49. The van der Waals surface area contributed by atoms with E-state index >= 15 is 0 Å². The van der Waals surface area contributed by atoms with Gasteiger partial charge in [-0.25, -0.2) is 0 Å². The average Bonchev–Trinajstić information content (AvgIpc) is 2.89. The third kappa shape index (κ3) is 6.73. The van der Waals surface area contributed by atoms with Crippen molar-refractivity contribution in [3.8, 4) is 0 Å². The number of hydrogen-bond donors (Lipinski definition) is 1. The van der Waals surface area contributed by atoms with Gasteiger partial charge < -0.3 is 9.63 Å². The summed E-state index contributed by atoms with van der Waals surface area (Å²) in [6.45, 7) is 7.69. The van der Waals surface area contributed by atoms with Crippen LogP contribution in [0.3, 0.4) is 0 Å². The lowest BCUT2D eigenvalue weighted by Gasteiger charge is -2.30. The van der Waals surface area contributed by atoms with Crippen LogP contribution in [0.15, 0.2) is 72.8 Å². The maximum absolute atomic E-state index is 13.3. The Balaban J connectivity index is 0.000000220. The fourth-order valence-electron chi connectivity index (χ4n) is 4.94. The molecule has 1 atom stereocenters. The first kappa shape index (κ1) is 28.7. The second-order valence-corrected chi connectivity index (χ2v) is 12.0. The van der Waals surface area contributed by atoms with Gasteiger partial charge in [0.2, 0.25) is 0 Å². The van der Waals surface area contributed by atoms with Gasteiger partial charge in [0, 0.05) is 16.4 Å². The number of rotatable bonds is 7. The number of carbonyl (C=O) groups excluding carboxylic acids is 2. The summed E-state index contributed by atoms with van der Waals surface area (Å²) in [5.41, 5.74) is 2.36. The molecule has 0 spiro atoms. The van der Waals surface area contributed by atoms with Crippen LogP contribution < -0.4 is 5.30 Å². The molecule has 1 saturated carbocycles. The van der Waals surface area contributed by atoms with Crippen molar-refractivity contribution >= 4 is 24.0 Å². The third-order valence-electron chi connectivity index (χ3n) is 6.70. The first-order valence-electron chi connectivity index (χ1n) is 12.9. The van der Waals surface area contributed by atoms with E-state index in [2.05, 4.69) is 0 Å². The molecule has 0 aliphatic heterocycles. The van der Waals surface area contributed by atoms with Gasteiger partial charge in [0.1, 0.15) is 5.60 Å². The summed E-state index contributed by atoms with van der Waals surface area (Å²) in [7, 11) is -3.59. The lowest BCUT2D eigenvalue weighted by molar-refractivity contribution is 0.0116. The first-order valence-corrected chi connectivity index (χ1v) is 14.5. The molecule has 1 unspecified atom stereocenters. The van der Waals surface area contributed by atoms with Crippen molar-refractivity contribution in [2.75, 3.05) is 6.61 Å². The Kier molecular flexibility index (Phi) is 9.78. The SMILES string of the molecule is CCOP(=O)(C(=O)c1c(C)cc(C)cc1C)c1ccccc1.O=C(c1ccccc1)C1(O)CCCCC1. The molecule has 4 rings (SSSR count). The van der Waals surface area contributed by atoms with Crippen LogP contribution >= 0.6 is 7.37 Å². The van der Waals surface area contributed by atoms with Gasteiger partial charge in [-0.05, 0) is 63.8 Å². The topological polar surface area (TPSA) is 80.7 Å². The summed E-state index contributed by atoms with van der Waals surface area (Å²) in [6.07, 6.45) is 4.26. The maximum Gasteiger partial charge on any atom is 0.300 e. The van der Waals surface area contributed by atoms with E-state index < -0.39 is 18.5 Å². The van der Waals surface area contributed by atoms with Crippen LogP contribution in [0.4, 0.5) is 0 Å². The van der Waals surface area contributed by atoms with Gasteiger partial charge >= 0.3 is 7.37 Å². The second-order valence-electron chi connectivity index (χ2n) is 9.67. The summed E-state index contributed by atoms with van der Waals surface area (Å²) < 4.78 is 18.8. The van der Waals surface area contributed by atoms with E-state index in [4.69, 9.17) is 4.52 Å². The van der Waals surface area contributed by atoms with E-state index in [-0.39, 0.29) is 12.4 Å². The molecule has 3 aromatic carbocycles. The Bertz CT molecular complexity index is 1240. The molecule has 0 heterocycles. The Hall–Kier alpha value is -2.85. The fraction of sp³-hybridized carbons (Fsp3) is 0.355. The highest BCUT2D eigenvalue weighted by molar-refractivity contribution is 7.83. The molecule has 0 radical (unpaired) electrons. The van der Waals surface area contributed by atoms with Crippen molar-refractivity contribution in [2.24, 2.45) is 0 Å². The largest absolute Gasteiger partial charge is 0.382 e. The Morgan fingerprint density at radius 2 is 1.38 bits per heavy atom. The molecule has 0 aromatic heterocycles. The van der Waals surface area contributed by atoms with Crippen LogP contribution in [-0.4, -0.2) is 28.6 Å². The zero-order valence-electron chi connectivity index (χ0n) is 22.2. The van der Waals surface area contributed by atoms with E-state index in [0.29, 0.717) is 29.3 Å². The summed E-state index contributed by atoms with van der Waals surface area (Å²) >= 11 is 0. The van der Waals surface area contributed by atoms with Crippen LogP contribution in [0.25, 0.3) is 0 Å². The van der Waals surface area contributed by atoms with Crippen LogP contribution in [0.2, 0.25) is 0 Å². The highest BCUT2D eigenvalue weighted by atomic mass is 31.2. The quantitative estimate of drug-likeness (QED) is 0.269. The van der Waals surface area contributed by atoms with E-state index in [1.165, 1.54) is 0 Å². The summed E-state index contributed by atoms with van der Waals surface area (Å²) in [4.78, 5) is 25.1. The minimum Gasteiger partial charge on any atom is -0.382 e. The molecule has 37 heavy (non-hydrogen) atoms. The van der Waals surface area contributed by atoms with E-state index in [9.17, 15) is 19.3 Å². The van der Waals surface area contributed by atoms with Crippen LogP contribution in [0.1, 0.15) is 76.4 Å². The van der Waals surface area contributed by atoms with Gasteiger partial charge in [-0.15, -0.1) is 0 Å². The Morgan fingerprint density at radius 3 is 1.89 bits per heavy atom. The number of aliphatic hydroxyl groups is 1. The number of aryl methyl sites for hydroxylation is 3. The molecule has 1 N–H and O–H groups in total. The van der Waals surface area contributed by atoms with E-state index in [1.54, 1.807) is 43.3 Å². The molecule has 196 valence electrons. The molecule has 0 saturated heterocycles. The minimum atomic E-state index is -3.59. The maximum atomic E-state index is 13.3. The highest BCUT2D eigenvalue weighted by Gasteiger charge is 2.38. The van der Waals surface area contributed by atoms with Gasteiger partial charge in [-0.3, -0.25) is 14.2 Å². The van der Waals surface area contributed by atoms with Crippen LogP contribution in [-0.2, 0) is 9.09 Å². The van der Waals surface area contributed by atoms with Crippen molar-refractivity contribution in [3.05, 3.63) is 101 Å². The third-order valence-corrected chi connectivity index (χ3v) is 9.06. The Labute approximate surface area is 220 Å². The van der Waals surface area contributed by atoms with Gasteiger partial charge in [-0.1, -0.05) is 85.5 Å². The number of benzene rings is 3. The number of ketones is 1. The monoisotopic (exact) mass is 520 g/mol. The van der Waals surface area contributed by atoms with Crippen molar-refractivity contribution in [1.29, 1.82) is 0 Å². The average molecular weight is 521 g/mol. The fourth-order valence-corrected chi connectivity index (χ4v) is 7.02. The second kappa shape index (κ2) is 12.6. The van der Waals surface area contributed by atoms with Crippen molar-refractivity contribution < 1.29 is 23.8 Å². The molecule has 1 aliphatic carbocycles. The van der Waals surface area contributed by atoms with Gasteiger partial charge in [0.05, 0.1) is 6.61 Å². The standard InChI is InChI=1S/C18H21O3P.C13H16O2/c1-5-21-22(20,16-9-7-6-8-10-16)18(19)17-14(3)11-13(2)12-15(17)4;14-12(11-7-3-1-4-8-11)13(15)9-5-2-6-10-13/h6-12H,5H2,1-4H3;1,3-4,7-8,15H,2,5-6,9-10H2. The normalized spacial score (nSPS) is 16.1. The molecule has 5 nitrogen and oxygen atoms in total. The summed E-state index contributed by atoms with van der Waals surface area (Å²) in [5.74, 6) is -0.109. The van der Waals surface area contributed by atoms with Crippen molar-refractivity contribution in [2.45, 2.75) is 65.4 Å². The smallest absolute Gasteiger partial charge is 0.300 e. The lowest BCUT2D eigenvalue weighted by Crippen LogP contribution is -2.40. The Morgan fingerprint density at radius 1 is 0.865 bits per heavy atom. The zero-order valence-corrected chi connectivity index (χ0v) is 23.1. The molecule has 1 fully saturated rings. The van der Waals surface area contributed by atoms with Gasteiger partial charge in [0.15, 0.2) is 5.78 Å². The molecular weight excluding hydrogens is 483 g/mol. The van der Waals surface area contributed by atoms with E-state index in [0.717, 1.165) is 36.0 Å². The molecule has 0 bridgehead atoms. The molecule has 6 heteroatoms. The van der Waals surface area contributed by atoms with Crippen molar-refractivity contribution in [1.82, 2.24) is 0 Å². The zero-order chi connectivity index (χ0) is 27.1. The number of hydrogen-bond acceptors (Lipinski definition) is 5. The van der Waals surface area contributed by atoms with Gasteiger partial charge in [-0.2, -0.15) is 0 Å². The predicted octanol–water partition coefficient (Wildman–Crippen LogP) is 6.96. The summed E-state index contributed by atoms with van der Waals surface area (Å²) in [6, 6.07) is 21.7. The van der Waals surface area contributed by atoms with Crippen LogP contribution in [0.5, 0.6) is 0 Å². The minimum absolute atomic E-state index is 0.109. The van der Waals surface area contributed by atoms with Crippen molar-refractivity contribution in [3.63, 3.8) is 0 Å². The first-order chi connectivity index (χ1) is 17.6. The summed E-state index contributed by atoms with van der Waals surface area (Å²) in [5, 5.41) is 10.7.